The molecule has 1 heterocycles. The summed E-state index contributed by atoms with van der Waals surface area (Å²) in [5.74, 6) is 0. The predicted molar refractivity (Wildman–Crippen MR) is 294 cm³/mol. The van der Waals surface area contributed by atoms with Gasteiger partial charge in [-0.3, -0.25) is 0 Å². The number of fused-ring (bicyclic) bond motifs is 19. The van der Waals surface area contributed by atoms with Crippen molar-refractivity contribution in [2.45, 2.75) is 5.41 Å². The van der Waals surface area contributed by atoms with Gasteiger partial charge in [0, 0.05) is 37.2 Å². The van der Waals surface area contributed by atoms with E-state index in [1.807, 2.05) is 11.3 Å². The third kappa shape index (κ3) is 5.46. The molecule has 0 amide bonds. The molecule has 2 aliphatic carbocycles. The van der Waals surface area contributed by atoms with E-state index in [1.165, 1.54) is 119 Å². The molecular formula is C67H41NS. The van der Waals surface area contributed by atoms with Gasteiger partial charge in [-0.2, -0.15) is 0 Å². The molecule has 0 fully saturated rings. The average molecular weight is 892 g/mol. The van der Waals surface area contributed by atoms with Crippen molar-refractivity contribution < 1.29 is 0 Å². The van der Waals surface area contributed by atoms with Gasteiger partial charge in [0.25, 0.3) is 0 Å². The second-order valence-electron chi connectivity index (χ2n) is 18.7. The third-order valence-electron chi connectivity index (χ3n) is 15.3. The normalized spacial score (nSPS) is 13.0. The molecule has 0 atom stereocenters. The van der Waals surface area contributed by atoms with E-state index in [-0.39, 0.29) is 0 Å². The molecule has 15 rings (SSSR count). The van der Waals surface area contributed by atoms with Gasteiger partial charge in [0.2, 0.25) is 0 Å². The van der Waals surface area contributed by atoms with Crippen LogP contribution < -0.4 is 4.90 Å². The summed E-state index contributed by atoms with van der Waals surface area (Å²) in [6.45, 7) is 0. The SMILES string of the molecule is c1ccc2c(c1)-c1ccccc1C21c2ccccc2-c2ccc(N(c3ccc(-c4ccc(-c5cccc6sc7ccccc7c56)cc4)cc3)c3ccc4c5ccccc5c5ccccc5c4c3)cc21. The lowest BCUT2D eigenvalue weighted by molar-refractivity contribution is 0.793. The fourth-order valence-electron chi connectivity index (χ4n) is 12.4. The highest BCUT2D eigenvalue weighted by molar-refractivity contribution is 7.25. The quantitative estimate of drug-likeness (QED) is 0.156. The first-order chi connectivity index (χ1) is 34.2. The molecule has 69 heavy (non-hydrogen) atoms. The van der Waals surface area contributed by atoms with Crippen molar-refractivity contribution in [3.8, 4) is 44.5 Å². The number of hydrogen-bond donors (Lipinski definition) is 0. The Kier molecular flexibility index (Phi) is 8.22. The summed E-state index contributed by atoms with van der Waals surface area (Å²) >= 11 is 1.87. The zero-order chi connectivity index (χ0) is 45.2. The number of nitrogens with zero attached hydrogens (tertiary/aromatic N) is 1. The second kappa shape index (κ2) is 14.7. The maximum absolute atomic E-state index is 2.50. The summed E-state index contributed by atoms with van der Waals surface area (Å²) in [6, 6.07) is 93.1. The molecule has 0 N–H and O–H groups in total. The molecule has 0 unspecified atom stereocenters. The molecule has 12 aromatic carbocycles. The Morgan fingerprint density at radius 2 is 0.681 bits per heavy atom. The van der Waals surface area contributed by atoms with Crippen LogP contribution >= 0.6 is 11.3 Å². The van der Waals surface area contributed by atoms with E-state index in [4.69, 9.17) is 0 Å². The summed E-state index contributed by atoms with van der Waals surface area (Å²) in [5, 5.41) is 10.3. The van der Waals surface area contributed by atoms with Gasteiger partial charge in [-0.15, -0.1) is 11.3 Å². The molecule has 1 spiro atoms. The molecule has 1 nitrogen and oxygen atoms in total. The van der Waals surface area contributed by atoms with E-state index in [2.05, 4.69) is 254 Å². The predicted octanol–water partition coefficient (Wildman–Crippen LogP) is 18.7. The highest BCUT2D eigenvalue weighted by atomic mass is 32.1. The Balaban J connectivity index is 0.907. The third-order valence-corrected chi connectivity index (χ3v) is 16.4. The van der Waals surface area contributed by atoms with Crippen LogP contribution in [0.25, 0.3) is 97.0 Å². The summed E-state index contributed by atoms with van der Waals surface area (Å²) in [6.07, 6.45) is 0. The van der Waals surface area contributed by atoms with E-state index in [0.29, 0.717) is 0 Å². The van der Waals surface area contributed by atoms with Crippen LogP contribution in [0.3, 0.4) is 0 Å². The monoisotopic (exact) mass is 891 g/mol. The highest BCUT2D eigenvalue weighted by Crippen LogP contribution is 2.63. The lowest BCUT2D eigenvalue weighted by Crippen LogP contribution is -2.26. The van der Waals surface area contributed by atoms with Gasteiger partial charge in [-0.25, -0.2) is 0 Å². The van der Waals surface area contributed by atoms with Gasteiger partial charge in [-0.05, 0) is 148 Å². The van der Waals surface area contributed by atoms with Crippen molar-refractivity contribution in [2.75, 3.05) is 4.90 Å². The molecule has 13 aromatic rings. The van der Waals surface area contributed by atoms with Crippen LogP contribution in [0.5, 0.6) is 0 Å². The average Bonchev–Trinajstić information content (AvgIpc) is 4.06. The minimum absolute atomic E-state index is 0.447. The van der Waals surface area contributed by atoms with Gasteiger partial charge in [0.05, 0.1) is 5.41 Å². The first-order valence-electron chi connectivity index (χ1n) is 23.9. The molecule has 0 bridgehead atoms. The first-order valence-corrected chi connectivity index (χ1v) is 24.7. The lowest BCUT2D eigenvalue weighted by atomic mass is 9.70. The number of anilines is 3. The van der Waals surface area contributed by atoms with E-state index >= 15 is 0 Å². The van der Waals surface area contributed by atoms with Crippen LogP contribution in [-0.4, -0.2) is 0 Å². The molecule has 2 heteroatoms. The van der Waals surface area contributed by atoms with Crippen molar-refractivity contribution in [1.29, 1.82) is 0 Å². The van der Waals surface area contributed by atoms with Crippen molar-refractivity contribution in [2.24, 2.45) is 0 Å². The largest absolute Gasteiger partial charge is 0.310 e. The highest BCUT2D eigenvalue weighted by Gasteiger charge is 2.51. The number of thiophene rings is 1. The maximum atomic E-state index is 2.50. The summed E-state index contributed by atoms with van der Waals surface area (Å²) < 4.78 is 2.65. The number of rotatable bonds is 5. The molecular weight excluding hydrogens is 851 g/mol. The van der Waals surface area contributed by atoms with Gasteiger partial charge in [0.1, 0.15) is 0 Å². The minimum Gasteiger partial charge on any atom is -0.310 e. The van der Waals surface area contributed by atoms with Gasteiger partial charge in [-0.1, -0.05) is 200 Å². The van der Waals surface area contributed by atoms with Crippen LogP contribution in [0, 0.1) is 0 Å². The zero-order valence-corrected chi connectivity index (χ0v) is 38.3. The number of benzene rings is 12. The van der Waals surface area contributed by atoms with Crippen LogP contribution in [0.1, 0.15) is 22.3 Å². The summed E-state index contributed by atoms with van der Waals surface area (Å²) in [7, 11) is 0. The van der Waals surface area contributed by atoms with Crippen LogP contribution in [0.2, 0.25) is 0 Å². The molecule has 0 saturated heterocycles. The van der Waals surface area contributed by atoms with Crippen molar-refractivity contribution in [3.63, 3.8) is 0 Å². The van der Waals surface area contributed by atoms with Crippen molar-refractivity contribution >= 4 is 80.9 Å². The molecule has 0 radical (unpaired) electrons. The molecule has 1 aromatic heterocycles. The topological polar surface area (TPSA) is 3.24 Å². The molecule has 320 valence electrons. The minimum atomic E-state index is -0.447. The summed E-state index contributed by atoms with van der Waals surface area (Å²) in [5.41, 5.74) is 18.4. The molecule has 0 aliphatic heterocycles. The van der Waals surface area contributed by atoms with Crippen LogP contribution in [0.4, 0.5) is 17.1 Å². The van der Waals surface area contributed by atoms with E-state index in [0.717, 1.165) is 17.1 Å². The fraction of sp³-hybridized carbons (Fsp3) is 0.0149. The van der Waals surface area contributed by atoms with Gasteiger partial charge in [0.15, 0.2) is 0 Å². The van der Waals surface area contributed by atoms with E-state index < -0.39 is 5.41 Å². The first kappa shape index (κ1) is 38.5. The van der Waals surface area contributed by atoms with Crippen LogP contribution in [0.15, 0.2) is 249 Å². The zero-order valence-electron chi connectivity index (χ0n) is 37.5. The Morgan fingerprint density at radius 3 is 1.30 bits per heavy atom. The number of hydrogen-bond acceptors (Lipinski definition) is 2. The van der Waals surface area contributed by atoms with Gasteiger partial charge < -0.3 is 4.90 Å². The van der Waals surface area contributed by atoms with Crippen LogP contribution in [-0.2, 0) is 5.41 Å². The maximum Gasteiger partial charge on any atom is 0.0726 e. The Hall–Kier alpha value is -8.56. The van der Waals surface area contributed by atoms with E-state index in [9.17, 15) is 0 Å². The Morgan fingerprint density at radius 1 is 0.261 bits per heavy atom. The van der Waals surface area contributed by atoms with E-state index in [1.54, 1.807) is 0 Å². The molecule has 2 aliphatic rings. The molecule has 0 saturated carbocycles. The lowest BCUT2D eigenvalue weighted by Gasteiger charge is -2.32. The smallest absolute Gasteiger partial charge is 0.0726 e. The summed E-state index contributed by atoms with van der Waals surface area (Å²) in [4.78, 5) is 2.48. The van der Waals surface area contributed by atoms with Crippen molar-refractivity contribution in [3.05, 3.63) is 271 Å². The Labute approximate surface area is 404 Å². The Bertz CT molecular complexity index is 4150. The van der Waals surface area contributed by atoms with Crippen molar-refractivity contribution in [1.82, 2.24) is 0 Å². The second-order valence-corrected chi connectivity index (χ2v) is 19.8. The standard InChI is InChI=1S/C67H41NS/c1-2-16-51-49(14-1)50-15-3-4-17-52(50)59-40-46(36-38-53(51)59)68(45-34-32-43(33-35-45)42-28-30-44(31-29-42)48-22-13-27-65-66(48)58-21-8-12-26-64(58)69-65)47-37-39-57-56-20-7-11-25-62(56)67(63(57)41-47)60-23-9-5-18-54(60)55-19-6-10-24-61(55)67/h1-41H. The fourth-order valence-corrected chi connectivity index (χ4v) is 13.5. The van der Waals surface area contributed by atoms with Gasteiger partial charge >= 0.3 is 0 Å².